The van der Waals surface area contributed by atoms with Crippen molar-refractivity contribution in [3.8, 4) is 6.07 Å². The van der Waals surface area contributed by atoms with Crippen molar-refractivity contribution in [1.82, 2.24) is 9.47 Å². The number of nitrogens with zero attached hydrogens (tertiary/aromatic N) is 3. The van der Waals surface area contributed by atoms with Gasteiger partial charge in [-0.15, -0.1) is 0 Å². The van der Waals surface area contributed by atoms with Crippen LogP contribution in [-0.4, -0.2) is 28.0 Å². The summed E-state index contributed by atoms with van der Waals surface area (Å²) in [5, 5.41) is 9.01. The summed E-state index contributed by atoms with van der Waals surface area (Å²) in [6.45, 7) is 4.76. The van der Waals surface area contributed by atoms with Crippen LogP contribution in [0.4, 0.5) is 0 Å². The van der Waals surface area contributed by atoms with Gasteiger partial charge in [0, 0.05) is 25.8 Å². The highest BCUT2D eigenvalue weighted by Gasteiger charge is 2.24. The fraction of sp³-hybridized carbons (Fsp3) is 0.368. The quantitative estimate of drug-likeness (QED) is 0.821. The lowest BCUT2D eigenvalue weighted by atomic mass is 10.0. The first-order valence-electron chi connectivity index (χ1n) is 8.02. The second-order valence-electron chi connectivity index (χ2n) is 5.68. The standard InChI is InChI=1S/C19H23N3O/c1-4-17(11-15-9-7-6-8-10-15)22(5-2)19(23)18-12-16(13-20)14-21(18)3/h6-10,12,14,17H,4-5,11H2,1-3H3. The molecule has 0 spiro atoms. The summed E-state index contributed by atoms with van der Waals surface area (Å²) < 4.78 is 1.73. The molecule has 0 saturated heterocycles. The van der Waals surface area contributed by atoms with Crippen LogP contribution in [0.25, 0.3) is 0 Å². The van der Waals surface area contributed by atoms with Crippen molar-refractivity contribution in [2.45, 2.75) is 32.7 Å². The first-order valence-corrected chi connectivity index (χ1v) is 8.02. The van der Waals surface area contributed by atoms with Crippen LogP contribution in [0, 0.1) is 11.3 Å². The van der Waals surface area contributed by atoms with Crippen molar-refractivity contribution in [2.75, 3.05) is 6.54 Å². The van der Waals surface area contributed by atoms with Gasteiger partial charge in [0.2, 0.25) is 0 Å². The number of likely N-dealkylation sites (N-methyl/N-ethyl adjacent to an activating group) is 1. The molecule has 0 radical (unpaired) electrons. The van der Waals surface area contributed by atoms with Gasteiger partial charge in [0.1, 0.15) is 11.8 Å². The summed E-state index contributed by atoms with van der Waals surface area (Å²) in [5.41, 5.74) is 2.31. The van der Waals surface area contributed by atoms with Crippen molar-refractivity contribution in [2.24, 2.45) is 7.05 Å². The van der Waals surface area contributed by atoms with Crippen LogP contribution in [0.3, 0.4) is 0 Å². The van der Waals surface area contributed by atoms with E-state index in [1.807, 2.05) is 30.0 Å². The number of benzene rings is 1. The fourth-order valence-corrected chi connectivity index (χ4v) is 2.91. The van der Waals surface area contributed by atoms with E-state index in [0.717, 1.165) is 12.8 Å². The predicted octanol–water partition coefficient (Wildman–Crippen LogP) is 3.38. The maximum absolute atomic E-state index is 12.9. The average Bonchev–Trinajstić information content (AvgIpc) is 2.96. The highest BCUT2D eigenvalue weighted by atomic mass is 16.2. The summed E-state index contributed by atoms with van der Waals surface area (Å²) >= 11 is 0. The monoisotopic (exact) mass is 309 g/mol. The molecule has 0 aliphatic heterocycles. The molecule has 1 unspecified atom stereocenters. The van der Waals surface area contributed by atoms with Crippen LogP contribution in [0.5, 0.6) is 0 Å². The molecule has 0 aliphatic carbocycles. The summed E-state index contributed by atoms with van der Waals surface area (Å²) in [6, 6.07) is 14.1. The van der Waals surface area contributed by atoms with Crippen LogP contribution < -0.4 is 0 Å². The third-order valence-corrected chi connectivity index (χ3v) is 4.18. The Bertz CT molecular complexity index is 697. The number of amides is 1. The second-order valence-corrected chi connectivity index (χ2v) is 5.68. The lowest BCUT2D eigenvalue weighted by molar-refractivity contribution is 0.0674. The molecule has 4 nitrogen and oxygen atoms in total. The van der Waals surface area contributed by atoms with E-state index >= 15 is 0 Å². The Morgan fingerprint density at radius 2 is 2.00 bits per heavy atom. The molecular weight excluding hydrogens is 286 g/mol. The molecule has 0 fully saturated rings. The number of nitriles is 1. The van der Waals surface area contributed by atoms with Gasteiger partial charge in [-0.1, -0.05) is 37.3 Å². The Labute approximate surface area is 138 Å². The zero-order chi connectivity index (χ0) is 16.8. The van der Waals surface area contributed by atoms with Gasteiger partial charge < -0.3 is 9.47 Å². The van der Waals surface area contributed by atoms with Gasteiger partial charge in [0.25, 0.3) is 5.91 Å². The van der Waals surface area contributed by atoms with Crippen LogP contribution >= 0.6 is 0 Å². The molecule has 2 rings (SSSR count). The van der Waals surface area contributed by atoms with Gasteiger partial charge in [0.05, 0.1) is 5.56 Å². The topological polar surface area (TPSA) is 49.0 Å². The van der Waals surface area contributed by atoms with Crippen molar-refractivity contribution < 1.29 is 4.79 Å². The lowest BCUT2D eigenvalue weighted by Crippen LogP contribution is -2.41. The zero-order valence-electron chi connectivity index (χ0n) is 14.0. The highest BCUT2D eigenvalue weighted by Crippen LogP contribution is 2.17. The summed E-state index contributed by atoms with van der Waals surface area (Å²) in [4.78, 5) is 14.8. The minimum absolute atomic E-state index is 0.0146. The van der Waals surface area contributed by atoms with Gasteiger partial charge in [-0.25, -0.2) is 0 Å². The zero-order valence-corrected chi connectivity index (χ0v) is 14.0. The van der Waals surface area contributed by atoms with E-state index in [4.69, 9.17) is 5.26 Å². The van der Waals surface area contributed by atoms with E-state index < -0.39 is 0 Å². The molecule has 4 heteroatoms. The number of rotatable bonds is 6. The summed E-state index contributed by atoms with van der Waals surface area (Å²) in [5.74, 6) is -0.0146. The Morgan fingerprint density at radius 3 is 2.52 bits per heavy atom. The van der Waals surface area contributed by atoms with Crippen molar-refractivity contribution >= 4 is 5.91 Å². The Morgan fingerprint density at radius 1 is 1.30 bits per heavy atom. The molecule has 1 atom stereocenters. The predicted molar refractivity (Wildman–Crippen MR) is 91.1 cm³/mol. The van der Waals surface area contributed by atoms with Crippen LogP contribution in [0.1, 0.15) is 41.9 Å². The lowest BCUT2D eigenvalue weighted by Gasteiger charge is -2.30. The number of aryl methyl sites for hydroxylation is 1. The SMILES string of the molecule is CCC(Cc1ccccc1)N(CC)C(=O)c1cc(C#N)cn1C. The number of carbonyl (C=O) groups is 1. The van der Waals surface area contributed by atoms with E-state index in [2.05, 4.69) is 25.1 Å². The molecule has 0 aliphatic rings. The van der Waals surface area contributed by atoms with Crippen LogP contribution in [0.15, 0.2) is 42.6 Å². The summed E-state index contributed by atoms with van der Waals surface area (Å²) in [7, 11) is 1.81. The first kappa shape index (κ1) is 16.8. The van der Waals surface area contributed by atoms with Crippen molar-refractivity contribution in [1.29, 1.82) is 5.26 Å². The Balaban J connectivity index is 2.23. The number of carbonyl (C=O) groups excluding carboxylic acids is 1. The Hall–Kier alpha value is -2.54. The fourth-order valence-electron chi connectivity index (χ4n) is 2.91. The summed E-state index contributed by atoms with van der Waals surface area (Å²) in [6.07, 6.45) is 3.43. The first-order chi connectivity index (χ1) is 11.1. The van der Waals surface area contributed by atoms with E-state index in [9.17, 15) is 4.79 Å². The van der Waals surface area contributed by atoms with Gasteiger partial charge in [-0.2, -0.15) is 5.26 Å². The molecule has 1 amide bonds. The van der Waals surface area contributed by atoms with Crippen molar-refractivity contribution in [3.05, 3.63) is 59.4 Å². The molecule has 2 aromatic rings. The smallest absolute Gasteiger partial charge is 0.270 e. The normalized spacial score (nSPS) is 11.7. The van der Waals surface area contributed by atoms with Gasteiger partial charge in [-0.05, 0) is 31.4 Å². The number of aromatic nitrogens is 1. The molecule has 0 bridgehead atoms. The minimum Gasteiger partial charge on any atom is -0.345 e. The van der Waals surface area contributed by atoms with E-state index in [1.165, 1.54) is 5.56 Å². The maximum atomic E-state index is 12.9. The molecule has 1 heterocycles. The number of hydrogen-bond acceptors (Lipinski definition) is 2. The molecule has 0 N–H and O–H groups in total. The molecule has 1 aromatic carbocycles. The van der Waals surface area contributed by atoms with Gasteiger partial charge >= 0.3 is 0 Å². The molecular formula is C19H23N3O. The molecule has 1 aromatic heterocycles. The third kappa shape index (κ3) is 3.81. The minimum atomic E-state index is -0.0146. The van der Waals surface area contributed by atoms with Crippen LogP contribution in [-0.2, 0) is 13.5 Å². The largest absolute Gasteiger partial charge is 0.345 e. The van der Waals surface area contributed by atoms with Gasteiger partial charge in [-0.3, -0.25) is 4.79 Å². The molecule has 23 heavy (non-hydrogen) atoms. The van der Waals surface area contributed by atoms with Gasteiger partial charge in [0.15, 0.2) is 0 Å². The number of hydrogen-bond donors (Lipinski definition) is 0. The van der Waals surface area contributed by atoms with Crippen molar-refractivity contribution in [3.63, 3.8) is 0 Å². The second kappa shape index (κ2) is 7.64. The van der Waals surface area contributed by atoms with Crippen LogP contribution in [0.2, 0.25) is 0 Å². The van der Waals surface area contributed by atoms with E-state index in [0.29, 0.717) is 17.8 Å². The highest BCUT2D eigenvalue weighted by molar-refractivity contribution is 5.93. The third-order valence-electron chi connectivity index (χ3n) is 4.18. The molecule has 120 valence electrons. The Kier molecular flexibility index (Phi) is 5.59. The average molecular weight is 309 g/mol. The van der Waals surface area contributed by atoms with E-state index in [1.54, 1.807) is 23.9 Å². The maximum Gasteiger partial charge on any atom is 0.270 e. The molecule has 0 saturated carbocycles. The van der Waals surface area contributed by atoms with E-state index in [-0.39, 0.29) is 11.9 Å².